The lowest BCUT2D eigenvalue weighted by molar-refractivity contribution is 0.669. The highest BCUT2D eigenvalue weighted by molar-refractivity contribution is 6.24. The second-order valence-corrected chi connectivity index (χ2v) is 28.0. The van der Waals surface area contributed by atoms with Gasteiger partial charge in [0.05, 0.1) is 27.8 Å². The minimum atomic E-state index is 0.593. The van der Waals surface area contributed by atoms with Crippen LogP contribution < -0.4 is 0 Å². The summed E-state index contributed by atoms with van der Waals surface area (Å²) in [6.45, 7) is 0. The van der Waals surface area contributed by atoms with E-state index in [2.05, 4.69) is 252 Å². The van der Waals surface area contributed by atoms with Gasteiger partial charge in [-0.2, -0.15) is 0 Å². The predicted octanol–water partition coefficient (Wildman–Crippen LogP) is 26.0. The van der Waals surface area contributed by atoms with Crippen LogP contribution in [0.1, 0.15) is 0 Å². The number of nitrogens with zero attached hydrogens (tertiary/aromatic N) is 8. The van der Waals surface area contributed by atoms with Gasteiger partial charge < -0.3 is 18.0 Å². The summed E-state index contributed by atoms with van der Waals surface area (Å²) in [5.74, 6) is 3.70. The van der Waals surface area contributed by atoms with E-state index in [1.165, 1.54) is 65.0 Å². The number of hydrogen-bond donors (Lipinski definition) is 0. The minimum absolute atomic E-state index is 0.593. The maximum Gasteiger partial charge on any atom is 0.164 e. The van der Waals surface area contributed by atoms with Gasteiger partial charge in [0.15, 0.2) is 34.9 Å². The zero-order valence-electron chi connectivity index (χ0n) is 59.0. The second-order valence-electron chi connectivity index (χ2n) is 28.0. The number of benzene rings is 17. The fraction of sp³-hybridized carbons (Fsp3) is 0. The Bertz CT molecular complexity index is 7540. The fourth-order valence-corrected chi connectivity index (χ4v) is 16.5. The van der Waals surface area contributed by atoms with Gasteiger partial charge in [-0.15, -0.1) is 0 Å². The van der Waals surface area contributed by atoms with Crippen LogP contribution in [0, 0.1) is 0 Å². The molecule has 0 N–H and O–H groups in total. The van der Waals surface area contributed by atoms with E-state index in [-0.39, 0.29) is 0 Å². The standard InChI is InChI=1S/C53H32N4O.C47H28N4O/c1-3-14-33(15-4-1)51-54-52(34-16-5-2-6-17-34)56-53(55-51)38-26-27-43-48(31-38)58-49-32-44(40-22-9-10-24-42(40)50(43)49)37-20-13-21-39(28-37)57-46-25-12-11-23-41(46)45-29-35-18-7-8-19-36(35)30-47(45)57;1-3-13-29(14-4-1)45-48-46(30-15-5-2-6-16-30)50-47(49-45)33-23-24-37-42(27-33)52-43-28-41(34-19-9-10-21-36(34)44(37)43)51-39-22-12-11-20-35(39)38-25-31-17-7-8-18-32(31)26-40(38)51/h1-32H;1-28H. The molecule has 0 spiro atoms. The van der Waals surface area contributed by atoms with E-state index in [0.717, 1.165) is 121 Å². The van der Waals surface area contributed by atoms with Crippen molar-refractivity contribution < 1.29 is 8.83 Å². The molecule has 17 aromatic carbocycles. The molecular formula is C100H60N8O2. The highest BCUT2D eigenvalue weighted by Gasteiger charge is 2.24. The van der Waals surface area contributed by atoms with Crippen LogP contribution in [0.25, 0.3) is 221 Å². The Labute approximate surface area is 629 Å². The summed E-state index contributed by atoms with van der Waals surface area (Å²) in [6, 6.07) is 127. The average molecular weight is 1410 g/mol. The molecule has 10 heteroatoms. The van der Waals surface area contributed by atoms with E-state index < -0.39 is 0 Å². The largest absolute Gasteiger partial charge is 0.456 e. The molecule has 6 aromatic heterocycles. The van der Waals surface area contributed by atoms with Crippen molar-refractivity contribution in [3.63, 3.8) is 0 Å². The lowest BCUT2D eigenvalue weighted by Gasteiger charge is -2.13. The SMILES string of the molecule is c1ccc(-c2nc(-c3ccccc3)nc(-c3ccc4c(c3)oc3cc(-c5cccc(-n6c7ccccc7c7cc8ccccc8cc76)c5)c5ccccc5c34)n2)cc1.c1ccc(-c2nc(-c3ccccc3)nc(-c3ccc4c(c3)oc3cc(-n5c6ccccc6c6cc7ccccc7cc65)c5ccccc5c34)n2)cc1. The lowest BCUT2D eigenvalue weighted by atomic mass is 9.94. The van der Waals surface area contributed by atoms with Gasteiger partial charge in [-0.05, 0) is 128 Å². The van der Waals surface area contributed by atoms with Crippen LogP contribution in [0.4, 0.5) is 0 Å². The maximum absolute atomic E-state index is 6.80. The van der Waals surface area contributed by atoms with Crippen molar-refractivity contribution >= 4 is 131 Å². The van der Waals surface area contributed by atoms with Gasteiger partial charge in [0, 0.05) is 93.6 Å². The van der Waals surface area contributed by atoms with Crippen LogP contribution in [0.3, 0.4) is 0 Å². The van der Waals surface area contributed by atoms with Crippen molar-refractivity contribution in [3.05, 3.63) is 364 Å². The Kier molecular flexibility index (Phi) is 14.4. The Morgan fingerprint density at radius 3 is 1.02 bits per heavy atom. The topological polar surface area (TPSA) is 113 Å². The normalized spacial score (nSPS) is 11.8. The minimum Gasteiger partial charge on any atom is -0.456 e. The molecule has 10 nitrogen and oxygen atoms in total. The summed E-state index contributed by atoms with van der Waals surface area (Å²) in [6.07, 6.45) is 0. The van der Waals surface area contributed by atoms with Gasteiger partial charge in [-0.25, -0.2) is 29.9 Å². The fourth-order valence-electron chi connectivity index (χ4n) is 16.5. The first-order chi connectivity index (χ1) is 54.5. The Morgan fingerprint density at radius 1 is 0.191 bits per heavy atom. The number of aromatic nitrogens is 8. The van der Waals surface area contributed by atoms with Gasteiger partial charge in [-0.3, -0.25) is 0 Å². The molecule has 0 aliphatic rings. The van der Waals surface area contributed by atoms with Crippen LogP contribution in [0.2, 0.25) is 0 Å². The molecule has 110 heavy (non-hydrogen) atoms. The molecule has 6 heterocycles. The molecule has 23 aromatic rings. The Hall–Kier alpha value is -15.0. The molecule has 23 rings (SSSR count). The number of rotatable bonds is 9. The summed E-state index contributed by atoms with van der Waals surface area (Å²) in [4.78, 5) is 29.7. The van der Waals surface area contributed by atoms with E-state index in [1.54, 1.807) is 0 Å². The van der Waals surface area contributed by atoms with Crippen LogP contribution in [-0.2, 0) is 0 Å². The van der Waals surface area contributed by atoms with Gasteiger partial charge in [0.2, 0.25) is 0 Å². The molecule has 0 amide bonds. The third-order valence-electron chi connectivity index (χ3n) is 21.6. The molecule has 0 saturated carbocycles. The van der Waals surface area contributed by atoms with Gasteiger partial charge in [0.25, 0.3) is 0 Å². The molecule has 0 radical (unpaired) electrons. The predicted molar refractivity (Wildman–Crippen MR) is 451 cm³/mol. The summed E-state index contributed by atoms with van der Waals surface area (Å²) in [5.41, 5.74) is 17.8. The van der Waals surface area contributed by atoms with Crippen molar-refractivity contribution in [2.45, 2.75) is 0 Å². The van der Waals surface area contributed by atoms with Crippen molar-refractivity contribution in [1.29, 1.82) is 0 Å². The van der Waals surface area contributed by atoms with Crippen molar-refractivity contribution in [1.82, 2.24) is 39.0 Å². The van der Waals surface area contributed by atoms with Crippen molar-refractivity contribution in [3.8, 4) is 90.8 Å². The monoisotopic (exact) mass is 1400 g/mol. The number of fused-ring (bicyclic) bond motifs is 18. The van der Waals surface area contributed by atoms with Crippen molar-refractivity contribution in [2.75, 3.05) is 0 Å². The van der Waals surface area contributed by atoms with Crippen LogP contribution in [0.5, 0.6) is 0 Å². The zero-order valence-corrected chi connectivity index (χ0v) is 59.0. The van der Waals surface area contributed by atoms with Crippen LogP contribution >= 0.6 is 0 Å². The zero-order chi connectivity index (χ0) is 72.3. The lowest BCUT2D eigenvalue weighted by Crippen LogP contribution is -2.00. The quantitative estimate of drug-likeness (QED) is 0.140. The highest BCUT2D eigenvalue weighted by atomic mass is 16.3. The van der Waals surface area contributed by atoms with Gasteiger partial charge in [-0.1, -0.05) is 279 Å². The summed E-state index contributed by atoms with van der Waals surface area (Å²) in [7, 11) is 0. The number of hydrogen-bond acceptors (Lipinski definition) is 8. The van der Waals surface area contributed by atoms with E-state index in [9.17, 15) is 0 Å². The average Bonchev–Trinajstić information content (AvgIpc) is 1.56. The highest BCUT2D eigenvalue weighted by Crippen LogP contribution is 2.46. The van der Waals surface area contributed by atoms with E-state index in [4.69, 9.17) is 38.7 Å². The van der Waals surface area contributed by atoms with Crippen molar-refractivity contribution in [2.24, 2.45) is 0 Å². The number of furan rings is 2. The van der Waals surface area contributed by atoms with Gasteiger partial charge in [0.1, 0.15) is 22.3 Å². The van der Waals surface area contributed by atoms with Gasteiger partial charge >= 0.3 is 0 Å². The second kappa shape index (κ2) is 25.4. The molecule has 0 aliphatic carbocycles. The van der Waals surface area contributed by atoms with E-state index in [1.807, 2.05) is 121 Å². The van der Waals surface area contributed by atoms with E-state index >= 15 is 0 Å². The molecule has 0 atom stereocenters. The summed E-state index contributed by atoms with van der Waals surface area (Å²) >= 11 is 0. The molecule has 0 aliphatic heterocycles. The maximum atomic E-state index is 6.80. The third-order valence-corrected chi connectivity index (χ3v) is 21.6. The van der Waals surface area contributed by atoms with Crippen LogP contribution in [0.15, 0.2) is 373 Å². The third kappa shape index (κ3) is 10.4. The Morgan fingerprint density at radius 2 is 0.545 bits per heavy atom. The molecule has 0 fully saturated rings. The smallest absolute Gasteiger partial charge is 0.164 e. The summed E-state index contributed by atoms with van der Waals surface area (Å²) < 4.78 is 18.4. The first-order valence-corrected chi connectivity index (χ1v) is 37.0. The molecule has 0 unspecified atom stereocenters. The molecule has 512 valence electrons. The molecule has 0 bridgehead atoms. The molecular weight excluding hydrogens is 1350 g/mol. The molecule has 0 saturated heterocycles. The first kappa shape index (κ1) is 62.4. The Balaban J connectivity index is 0.000000136. The first-order valence-electron chi connectivity index (χ1n) is 37.0. The van der Waals surface area contributed by atoms with Crippen LogP contribution in [-0.4, -0.2) is 39.0 Å². The number of para-hydroxylation sites is 2. The summed E-state index contributed by atoms with van der Waals surface area (Å²) in [5, 5.41) is 18.8. The van der Waals surface area contributed by atoms with E-state index in [0.29, 0.717) is 34.9 Å².